The lowest BCUT2D eigenvalue weighted by atomic mass is 10.1. The largest absolute Gasteiger partial charge is 0.411 e. The van der Waals surface area contributed by atoms with Crippen molar-refractivity contribution in [3.8, 4) is 0 Å². The molecule has 0 heterocycles. The van der Waals surface area contributed by atoms with Gasteiger partial charge in [0.1, 0.15) is 12.4 Å². The average molecular weight is 265 g/mol. The highest BCUT2D eigenvalue weighted by atomic mass is 19.4. The van der Waals surface area contributed by atoms with E-state index in [0.717, 1.165) is 5.56 Å². The lowest BCUT2D eigenvalue weighted by molar-refractivity contribution is -0.173. The molecule has 0 saturated carbocycles. The second kappa shape index (κ2) is 6.70. The Balaban J connectivity index is 2.16. The first-order valence-electron chi connectivity index (χ1n) is 5.49. The molecule has 0 bridgehead atoms. The summed E-state index contributed by atoms with van der Waals surface area (Å²) in [6, 6.07) is 4.83. The van der Waals surface area contributed by atoms with Gasteiger partial charge < -0.3 is 10.1 Å². The van der Waals surface area contributed by atoms with Gasteiger partial charge in [0, 0.05) is 13.1 Å². The number of rotatable bonds is 6. The van der Waals surface area contributed by atoms with E-state index in [-0.39, 0.29) is 19.0 Å². The Kier molecular flexibility index (Phi) is 5.55. The van der Waals surface area contributed by atoms with E-state index in [1.54, 1.807) is 19.1 Å². The Morgan fingerprint density at radius 1 is 1.28 bits per heavy atom. The first kappa shape index (κ1) is 14.9. The van der Waals surface area contributed by atoms with Gasteiger partial charge >= 0.3 is 6.18 Å². The summed E-state index contributed by atoms with van der Waals surface area (Å²) < 4.78 is 52.8. The molecule has 0 unspecified atom stereocenters. The first-order chi connectivity index (χ1) is 8.38. The van der Waals surface area contributed by atoms with Crippen LogP contribution in [0.4, 0.5) is 17.6 Å². The topological polar surface area (TPSA) is 21.3 Å². The molecule has 0 radical (unpaired) electrons. The summed E-state index contributed by atoms with van der Waals surface area (Å²) >= 11 is 0. The number of alkyl halides is 3. The molecule has 0 aromatic heterocycles. The molecule has 0 saturated heterocycles. The van der Waals surface area contributed by atoms with E-state index < -0.39 is 12.8 Å². The molecule has 18 heavy (non-hydrogen) atoms. The Morgan fingerprint density at radius 2 is 2.00 bits per heavy atom. The summed E-state index contributed by atoms with van der Waals surface area (Å²) in [4.78, 5) is 0. The van der Waals surface area contributed by atoms with Crippen molar-refractivity contribution in [2.75, 3.05) is 19.8 Å². The molecule has 0 aliphatic heterocycles. The number of hydrogen-bond donors (Lipinski definition) is 1. The van der Waals surface area contributed by atoms with Crippen molar-refractivity contribution in [3.05, 3.63) is 35.1 Å². The van der Waals surface area contributed by atoms with Gasteiger partial charge in [0.25, 0.3) is 0 Å². The number of ether oxygens (including phenoxy) is 1. The standard InChI is InChI=1S/C12H15F4NO/c1-9-2-3-10(6-11(9)13)7-17-4-5-18-8-12(14,15)16/h2-3,6,17H,4-5,7-8H2,1H3. The molecular formula is C12H15F4NO. The summed E-state index contributed by atoms with van der Waals surface area (Å²) in [5, 5.41) is 2.88. The number of aryl methyl sites for hydroxylation is 1. The normalized spacial score (nSPS) is 11.8. The fourth-order valence-electron chi connectivity index (χ4n) is 1.31. The van der Waals surface area contributed by atoms with E-state index in [0.29, 0.717) is 12.1 Å². The summed E-state index contributed by atoms with van der Waals surface area (Å²) in [7, 11) is 0. The van der Waals surface area contributed by atoms with E-state index in [2.05, 4.69) is 10.1 Å². The van der Waals surface area contributed by atoms with Crippen LogP contribution >= 0.6 is 0 Å². The lowest BCUT2D eigenvalue weighted by Gasteiger charge is -2.08. The van der Waals surface area contributed by atoms with Crippen molar-refractivity contribution in [1.82, 2.24) is 5.32 Å². The second-order valence-electron chi connectivity index (χ2n) is 3.93. The lowest BCUT2D eigenvalue weighted by Crippen LogP contribution is -2.23. The predicted molar refractivity (Wildman–Crippen MR) is 59.7 cm³/mol. The van der Waals surface area contributed by atoms with Crippen molar-refractivity contribution in [2.45, 2.75) is 19.6 Å². The van der Waals surface area contributed by atoms with Crippen molar-refractivity contribution in [1.29, 1.82) is 0 Å². The maximum Gasteiger partial charge on any atom is 0.411 e. The van der Waals surface area contributed by atoms with Gasteiger partial charge in [0.2, 0.25) is 0 Å². The minimum Gasteiger partial charge on any atom is -0.371 e. The molecule has 0 atom stereocenters. The van der Waals surface area contributed by atoms with E-state index in [1.807, 2.05) is 0 Å². The maximum absolute atomic E-state index is 13.2. The molecular weight excluding hydrogens is 250 g/mol. The van der Waals surface area contributed by atoms with E-state index >= 15 is 0 Å². The van der Waals surface area contributed by atoms with Gasteiger partial charge in [0.15, 0.2) is 0 Å². The molecule has 0 amide bonds. The fourth-order valence-corrected chi connectivity index (χ4v) is 1.31. The zero-order valence-electron chi connectivity index (χ0n) is 9.98. The monoisotopic (exact) mass is 265 g/mol. The molecule has 1 aromatic carbocycles. The van der Waals surface area contributed by atoms with Gasteiger partial charge in [-0.2, -0.15) is 13.2 Å². The zero-order chi connectivity index (χ0) is 13.6. The second-order valence-corrected chi connectivity index (χ2v) is 3.93. The molecule has 1 rings (SSSR count). The van der Waals surface area contributed by atoms with Crippen molar-refractivity contribution in [3.63, 3.8) is 0 Å². The Morgan fingerprint density at radius 3 is 2.61 bits per heavy atom. The van der Waals surface area contributed by atoms with E-state index in [1.165, 1.54) is 6.07 Å². The predicted octanol–water partition coefficient (Wildman–Crippen LogP) is 2.80. The highest BCUT2D eigenvalue weighted by Crippen LogP contribution is 2.14. The van der Waals surface area contributed by atoms with Crippen molar-refractivity contribution < 1.29 is 22.3 Å². The van der Waals surface area contributed by atoms with Gasteiger partial charge in [-0.25, -0.2) is 4.39 Å². The molecule has 0 aliphatic rings. The minimum atomic E-state index is -4.29. The van der Waals surface area contributed by atoms with Crippen LogP contribution in [-0.2, 0) is 11.3 Å². The summed E-state index contributed by atoms with van der Waals surface area (Å²) in [5.41, 5.74) is 1.31. The molecule has 6 heteroatoms. The number of benzene rings is 1. The van der Waals surface area contributed by atoms with Gasteiger partial charge in [-0.3, -0.25) is 0 Å². The van der Waals surface area contributed by atoms with Crippen LogP contribution < -0.4 is 5.32 Å². The van der Waals surface area contributed by atoms with Crippen LogP contribution in [0.15, 0.2) is 18.2 Å². The molecule has 0 fully saturated rings. The Hall–Kier alpha value is -1.14. The van der Waals surface area contributed by atoms with Crippen LogP contribution in [0.5, 0.6) is 0 Å². The summed E-state index contributed by atoms with van der Waals surface area (Å²) in [5.74, 6) is -0.289. The fraction of sp³-hybridized carbons (Fsp3) is 0.500. The highest BCUT2D eigenvalue weighted by Gasteiger charge is 2.27. The quantitative estimate of drug-likeness (QED) is 0.631. The third-order valence-electron chi connectivity index (χ3n) is 2.25. The zero-order valence-corrected chi connectivity index (χ0v) is 9.98. The van der Waals surface area contributed by atoms with E-state index in [9.17, 15) is 17.6 Å². The number of halogens is 4. The van der Waals surface area contributed by atoms with Crippen LogP contribution in [0.2, 0.25) is 0 Å². The van der Waals surface area contributed by atoms with Crippen LogP contribution in [0, 0.1) is 12.7 Å². The van der Waals surface area contributed by atoms with Gasteiger partial charge in [0.05, 0.1) is 6.61 Å². The molecule has 1 N–H and O–H groups in total. The van der Waals surface area contributed by atoms with Crippen LogP contribution in [0.3, 0.4) is 0 Å². The van der Waals surface area contributed by atoms with Crippen LogP contribution in [-0.4, -0.2) is 25.9 Å². The van der Waals surface area contributed by atoms with E-state index in [4.69, 9.17) is 0 Å². The third-order valence-corrected chi connectivity index (χ3v) is 2.25. The molecule has 0 aliphatic carbocycles. The highest BCUT2D eigenvalue weighted by molar-refractivity contribution is 5.23. The van der Waals surface area contributed by atoms with Gasteiger partial charge in [-0.1, -0.05) is 12.1 Å². The smallest absolute Gasteiger partial charge is 0.371 e. The SMILES string of the molecule is Cc1ccc(CNCCOCC(F)(F)F)cc1F. The van der Waals surface area contributed by atoms with Crippen LogP contribution in [0.25, 0.3) is 0 Å². The van der Waals surface area contributed by atoms with Crippen molar-refractivity contribution in [2.24, 2.45) is 0 Å². The maximum atomic E-state index is 13.2. The third kappa shape index (κ3) is 5.97. The van der Waals surface area contributed by atoms with Gasteiger partial charge in [-0.05, 0) is 24.1 Å². The molecule has 1 aromatic rings. The first-order valence-corrected chi connectivity index (χ1v) is 5.49. The summed E-state index contributed by atoms with van der Waals surface area (Å²) in [6.45, 7) is 1.07. The number of hydrogen-bond acceptors (Lipinski definition) is 2. The average Bonchev–Trinajstić information content (AvgIpc) is 2.26. The Bertz CT molecular complexity index is 379. The Labute approximate surface area is 103 Å². The number of nitrogens with one attached hydrogen (secondary N) is 1. The van der Waals surface area contributed by atoms with Gasteiger partial charge in [-0.15, -0.1) is 0 Å². The molecule has 2 nitrogen and oxygen atoms in total. The van der Waals surface area contributed by atoms with Crippen molar-refractivity contribution >= 4 is 0 Å². The summed E-state index contributed by atoms with van der Waals surface area (Å²) in [6.07, 6.45) is -4.29. The molecule has 0 spiro atoms. The minimum absolute atomic E-state index is 0.0339. The van der Waals surface area contributed by atoms with Crippen LogP contribution in [0.1, 0.15) is 11.1 Å². The molecule has 102 valence electrons.